The van der Waals surface area contributed by atoms with Gasteiger partial charge in [-0.2, -0.15) is 0 Å². The molecule has 0 saturated heterocycles. The molecule has 7 nitrogen and oxygen atoms in total. The van der Waals surface area contributed by atoms with Gasteiger partial charge in [-0.15, -0.1) is 11.3 Å². The normalized spacial score (nSPS) is 10.2. The van der Waals surface area contributed by atoms with E-state index in [0.717, 1.165) is 21.8 Å². The Balaban J connectivity index is 1.47. The topological polar surface area (TPSA) is 100 Å². The van der Waals surface area contributed by atoms with Crippen LogP contribution in [0.1, 0.15) is 10.6 Å². The number of nitrogens with one attached hydrogen (secondary N) is 3. The molecule has 1 aromatic heterocycles. The van der Waals surface area contributed by atoms with Gasteiger partial charge in [-0.05, 0) is 24.6 Å². The molecule has 1 heterocycles. The summed E-state index contributed by atoms with van der Waals surface area (Å²) in [6.07, 6.45) is 0. The number of nitrogens with zero attached hydrogens (tertiary/aromatic N) is 1. The molecule has 3 rings (SSSR count). The van der Waals surface area contributed by atoms with E-state index >= 15 is 0 Å². The number of aromatic nitrogens is 1. The first kappa shape index (κ1) is 20.2. The van der Waals surface area contributed by atoms with E-state index in [0.29, 0.717) is 5.69 Å². The summed E-state index contributed by atoms with van der Waals surface area (Å²) in [7, 11) is 0. The smallest absolute Gasteiger partial charge is 0.309 e. The number of hydrogen-bond acceptors (Lipinski definition) is 5. The molecular weight excluding hydrogens is 388 g/mol. The fourth-order valence-electron chi connectivity index (χ4n) is 2.56. The van der Waals surface area contributed by atoms with Crippen molar-refractivity contribution in [3.63, 3.8) is 0 Å². The van der Waals surface area contributed by atoms with Gasteiger partial charge in [0.15, 0.2) is 0 Å². The molecule has 0 fully saturated rings. The van der Waals surface area contributed by atoms with Gasteiger partial charge in [-0.1, -0.05) is 42.5 Å². The van der Waals surface area contributed by atoms with Gasteiger partial charge in [0.2, 0.25) is 5.91 Å². The Hall–Kier alpha value is -3.52. The lowest BCUT2D eigenvalue weighted by molar-refractivity contribution is -0.139. The molecular formula is C21H20N4O3S. The number of anilines is 1. The van der Waals surface area contributed by atoms with Crippen molar-refractivity contribution in [2.24, 2.45) is 0 Å². The summed E-state index contributed by atoms with van der Waals surface area (Å²) in [5.41, 5.74) is 3.19. The Morgan fingerprint density at radius 1 is 0.966 bits per heavy atom. The highest BCUT2D eigenvalue weighted by atomic mass is 32.1. The van der Waals surface area contributed by atoms with Crippen molar-refractivity contribution in [1.29, 1.82) is 0 Å². The number of thiazole rings is 1. The fraction of sp³-hybridized carbons (Fsp3) is 0.143. The van der Waals surface area contributed by atoms with Crippen LogP contribution in [0.3, 0.4) is 0 Å². The van der Waals surface area contributed by atoms with E-state index in [1.165, 1.54) is 0 Å². The molecule has 29 heavy (non-hydrogen) atoms. The number of aryl methyl sites for hydroxylation is 1. The quantitative estimate of drug-likeness (QED) is 0.546. The molecule has 0 aliphatic rings. The monoisotopic (exact) mass is 408 g/mol. The van der Waals surface area contributed by atoms with Gasteiger partial charge in [0.1, 0.15) is 0 Å². The van der Waals surface area contributed by atoms with Crippen LogP contribution in [0.2, 0.25) is 0 Å². The maximum atomic E-state index is 12.1. The van der Waals surface area contributed by atoms with E-state index in [1.54, 1.807) is 23.5 Å². The molecule has 0 radical (unpaired) electrons. The zero-order chi connectivity index (χ0) is 20.6. The summed E-state index contributed by atoms with van der Waals surface area (Å²) < 4.78 is 0. The van der Waals surface area contributed by atoms with Gasteiger partial charge in [0.05, 0.1) is 17.2 Å². The van der Waals surface area contributed by atoms with Crippen molar-refractivity contribution in [3.05, 3.63) is 70.5 Å². The minimum atomic E-state index is -0.859. The first-order chi connectivity index (χ1) is 14.0. The van der Waals surface area contributed by atoms with E-state index in [2.05, 4.69) is 20.9 Å². The molecule has 0 spiro atoms. The van der Waals surface area contributed by atoms with E-state index in [4.69, 9.17) is 0 Å². The number of amides is 3. The average Bonchev–Trinajstić information content (AvgIpc) is 3.17. The molecule has 0 atom stereocenters. The van der Waals surface area contributed by atoms with Crippen molar-refractivity contribution in [2.75, 3.05) is 11.9 Å². The number of rotatable bonds is 6. The Labute approximate surface area is 172 Å². The van der Waals surface area contributed by atoms with E-state index < -0.39 is 17.7 Å². The summed E-state index contributed by atoms with van der Waals surface area (Å²) in [6, 6.07) is 16.5. The van der Waals surface area contributed by atoms with Gasteiger partial charge in [-0.3, -0.25) is 14.4 Å². The molecule has 8 heteroatoms. The first-order valence-corrected chi connectivity index (χ1v) is 9.81. The fourth-order valence-corrected chi connectivity index (χ4v) is 3.18. The lowest BCUT2D eigenvalue weighted by Crippen LogP contribution is -2.42. The minimum Gasteiger partial charge on any atom is -0.344 e. The Morgan fingerprint density at radius 2 is 1.72 bits per heavy atom. The Kier molecular flexibility index (Phi) is 6.70. The summed E-state index contributed by atoms with van der Waals surface area (Å²) in [5.74, 6) is -2.08. The Bertz CT molecular complexity index is 1020. The molecule has 2 aromatic carbocycles. The van der Waals surface area contributed by atoms with Crippen molar-refractivity contribution < 1.29 is 14.4 Å². The van der Waals surface area contributed by atoms with Crippen LogP contribution in [0.15, 0.2) is 60.0 Å². The largest absolute Gasteiger partial charge is 0.344 e. The van der Waals surface area contributed by atoms with Crippen LogP contribution in [-0.2, 0) is 20.9 Å². The third kappa shape index (κ3) is 5.98. The van der Waals surface area contributed by atoms with E-state index in [1.807, 2.05) is 54.8 Å². The lowest BCUT2D eigenvalue weighted by atomic mass is 10.1. The summed E-state index contributed by atoms with van der Waals surface area (Å²) in [6.45, 7) is 1.86. The molecule has 0 aliphatic heterocycles. The average molecular weight is 408 g/mol. The molecule has 0 bridgehead atoms. The van der Waals surface area contributed by atoms with Crippen molar-refractivity contribution in [3.8, 4) is 11.3 Å². The number of carbonyl (C=O) groups excluding carboxylic acids is 3. The van der Waals surface area contributed by atoms with Crippen LogP contribution in [0.5, 0.6) is 0 Å². The molecule has 148 valence electrons. The van der Waals surface area contributed by atoms with Crippen LogP contribution < -0.4 is 16.0 Å². The van der Waals surface area contributed by atoms with Gasteiger partial charge in [0.25, 0.3) is 0 Å². The zero-order valence-corrected chi connectivity index (χ0v) is 16.6. The van der Waals surface area contributed by atoms with E-state index in [9.17, 15) is 14.4 Å². The molecule has 0 saturated carbocycles. The molecule has 0 aliphatic carbocycles. The standard InChI is InChI=1S/C21H20N4O3S/c1-14-24-18(13-29-14)16-8-5-9-17(10-16)25-19(26)12-23-21(28)20(27)22-11-15-6-3-2-4-7-15/h2-10,13H,11-12H2,1H3,(H,22,27)(H,23,28)(H,25,26). The summed E-state index contributed by atoms with van der Waals surface area (Å²) in [5, 5.41) is 10.4. The second-order valence-electron chi connectivity index (χ2n) is 6.23. The highest BCUT2D eigenvalue weighted by Gasteiger charge is 2.14. The highest BCUT2D eigenvalue weighted by molar-refractivity contribution is 7.09. The molecule has 3 aromatic rings. The van der Waals surface area contributed by atoms with Crippen molar-refractivity contribution >= 4 is 34.7 Å². The molecule has 0 unspecified atom stereocenters. The van der Waals surface area contributed by atoms with Crippen molar-refractivity contribution in [2.45, 2.75) is 13.5 Å². The maximum Gasteiger partial charge on any atom is 0.309 e. The van der Waals surface area contributed by atoms with Crippen LogP contribution >= 0.6 is 11.3 Å². The number of benzene rings is 2. The minimum absolute atomic E-state index is 0.238. The molecule has 3 amide bonds. The number of hydrogen-bond donors (Lipinski definition) is 3. The maximum absolute atomic E-state index is 12.1. The highest BCUT2D eigenvalue weighted by Crippen LogP contribution is 2.24. The van der Waals surface area contributed by atoms with Crippen LogP contribution in [-0.4, -0.2) is 29.3 Å². The third-order valence-corrected chi connectivity index (χ3v) is 4.75. The molecule has 3 N–H and O–H groups in total. The lowest BCUT2D eigenvalue weighted by Gasteiger charge is -2.08. The predicted molar refractivity (Wildman–Crippen MR) is 112 cm³/mol. The SMILES string of the molecule is Cc1nc(-c2cccc(NC(=O)CNC(=O)C(=O)NCc3ccccc3)c2)cs1. The first-order valence-electron chi connectivity index (χ1n) is 8.93. The van der Waals surface area contributed by atoms with Crippen LogP contribution in [0.4, 0.5) is 5.69 Å². The van der Waals surface area contributed by atoms with Crippen LogP contribution in [0.25, 0.3) is 11.3 Å². The summed E-state index contributed by atoms with van der Waals surface area (Å²) >= 11 is 1.55. The predicted octanol–water partition coefficient (Wildman–Crippen LogP) is 2.49. The third-order valence-electron chi connectivity index (χ3n) is 3.97. The Morgan fingerprint density at radius 3 is 2.45 bits per heavy atom. The van der Waals surface area contributed by atoms with Crippen LogP contribution in [0, 0.1) is 6.92 Å². The van der Waals surface area contributed by atoms with E-state index in [-0.39, 0.29) is 13.1 Å². The summed E-state index contributed by atoms with van der Waals surface area (Å²) in [4.78, 5) is 40.2. The van der Waals surface area contributed by atoms with Gasteiger partial charge in [0, 0.05) is 23.2 Å². The van der Waals surface area contributed by atoms with Gasteiger partial charge < -0.3 is 16.0 Å². The van der Waals surface area contributed by atoms with Gasteiger partial charge >= 0.3 is 11.8 Å². The zero-order valence-electron chi connectivity index (χ0n) is 15.8. The second-order valence-corrected chi connectivity index (χ2v) is 7.29. The van der Waals surface area contributed by atoms with Gasteiger partial charge in [-0.25, -0.2) is 4.98 Å². The number of carbonyl (C=O) groups is 3. The second kappa shape index (κ2) is 9.61. The van der Waals surface area contributed by atoms with Crippen molar-refractivity contribution in [1.82, 2.24) is 15.6 Å².